The fourth-order valence-corrected chi connectivity index (χ4v) is 4.21. The van der Waals surface area contributed by atoms with E-state index in [2.05, 4.69) is 111 Å². The standard InChI is InChI=1S/2C13H11N/c2*1-14-12-8-4-2-6-10(12)11-7-3-5-9-13(11)14/h2*2-9,14H,1H2. The summed E-state index contributed by atoms with van der Waals surface area (Å²) in [5, 5.41) is 0. The van der Waals surface area contributed by atoms with Crippen LogP contribution in [0.15, 0.2) is 97.1 Å². The molecule has 0 bridgehead atoms. The molecule has 2 heterocycles. The van der Waals surface area contributed by atoms with Crippen molar-refractivity contribution < 1.29 is 9.80 Å². The number of nitrogens with one attached hydrogen (secondary N) is 2. The molecule has 0 aliphatic carbocycles. The Bertz CT molecular complexity index is 978. The Morgan fingerprint density at radius 2 is 0.571 bits per heavy atom. The summed E-state index contributed by atoms with van der Waals surface area (Å²) in [4.78, 5) is 2.30. The summed E-state index contributed by atoms with van der Waals surface area (Å²) in [6.07, 6.45) is 0. The molecule has 4 aromatic rings. The average Bonchev–Trinajstić information content (AvgIpc) is 3.22. The molecule has 2 aliphatic heterocycles. The number of hydrogen-bond acceptors (Lipinski definition) is 0. The third kappa shape index (κ3) is 2.58. The van der Waals surface area contributed by atoms with Crippen molar-refractivity contribution in [2.45, 2.75) is 0 Å². The first-order valence-corrected chi connectivity index (χ1v) is 9.52. The van der Waals surface area contributed by atoms with Crippen molar-refractivity contribution >= 4 is 22.7 Å². The summed E-state index contributed by atoms with van der Waals surface area (Å²) in [5.74, 6) is 0. The molecule has 0 saturated carbocycles. The highest BCUT2D eigenvalue weighted by Crippen LogP contribution is 2.36. The summed E-state index contributed by atoms with van der Waals surface area (Å²) in [6.45, 7) is 0. The Hall–Kier alpha value is -3.20. The summed E-state index contributed by atoms with van der Waals surface area (Å²) in [6, 6.07) is 33.8. The van der Waals surface area contributed by atoms with Crippen LogP contribution in [0, 0.1) is 14.1 Å². The van der Waals surface area contributed by atoms with Crippen molar-refractivity contribution in [2.75, 3.05) is 0 Å². The first kappa shape index (κ1) is 16.9. The molecule has 0 fully saturated rings. The lowest BCUT2D eigenvalue weighted by atomic mass is 10.1. The van der Waals surface area contributed by atoms with E-state index in [0.717, 1.165) is 9.80 Å². The lowest BCUT2D eigenvalue weighted by Gasteiger charge is -2.14. The maximum absolute atomic E-state index is 4.14. The molecule has 0 unspecified atom stereocenters. The third-order valence-corrected chi connectivity index (χ3v) is 5.59. The van der Waals surface area contributed by atoms with Crippen molar-refractivity contribution in [3.8, 4) is 22.3 Å². The SMILES string of the molecule is [CH2-][NH+]1c2ccccc2-c2ccccc21.[CH2-][NH+]1c2ccccc2-c2ccccc21. The molecule has 0 aromatic heterocycles. The van der Waals surface area contributed by atoms with Crippen molar-refractivity contribution in [1.82, 2.24) is 0 Å². The number of para-hydroxylation sites is 4. The van der Waals surface area contributed by atoms with Crippen LogP contribution in [0.2, 0.25) is 0 Å². The van der Waals surface area contributed by atoms with Gasteiger partial charge in [0, 0.05) is 22.3 Å². The van der Waals surface area contributed by atoms with Gasteiger partial charge in [-0.25, -0.2) is 0 Å². The predicted octanol–water partition coefficient (Wildman–Crippen LogP) is 4.61. The molecule has 0 radical (unpaired) electrons. The number of rotatable bonds is 0. The van der Waals surface area contributed by atoms with Gasteiger partial charge in [0.15, 0.2) is 0 Å². The molecular weight excluding hydrogens is 340 g/mol. The molecule has 2 nitrogen and oxygen atoms in total. The van der Waals surface area contributed by atoms with E-state index in [1.54, 1.807) is 0 Å². The highest BCUT2D eigenvalue weighted by molar-refractivity contribution is 5.85. The van der Waals surface area contributed by atoms with Crippen LogP contribution in [0.5, 0.6) is 0 Å². The van der Waals surface area contributed by atoms with Crippen LogP contribution < -0.4 is 9.80 Å². The maximum Gasteiger partial charge on any atom is 0.118 e. The molecule has 4 aromatic carbocycles. The van der Waals surface area contributed by atoms with Crippen molar-refractivity contribution in [1.29, 1.82) is 0 Å². The summed E-state index contributed by atoms with van der Waals surface area (Å²) in [5.41, 5.74) is 10.3. The molecule has 0 amide bonds. The van der Waals surface area contributed by atoms with E-state index in [1.165, 1.54) is 45.0 Å². The molecule has 136 valence electrons. The Kier molecular flexibility index (Phi) is 4.09. The second-order valence-corrected chi connectivity index (χ2v) is 7.14. The third-order valence-electron chi connectivity index (χ3n) is 5.59. The quantitative estimate of drug-likeness (QED) is 0.423. The number of benzene rings is 4. The fourth-order valence-electron chi connectivity index (χ4n) is 4.21. The van der Waals surface area contributed by atoms with Gasteiger partial charge in [-0.2, -0.15) is 0 Å². The molecule has 0 saturated heterocycles. The minimum absolute atomic E-state index is 1.15. The van der Waals surface area contributed by atoms with E-state index >= 15 is 0 Å². The smallest absolute Gasteiger partial charge is 0.118 e. The van der Waals surface area contributed by atoms with E-state index in [-0.39, 0.29) is 0 Å². The monoisotopic (exact) mass is 362 g/mol. The fraction of sp³-hybridized carbons (Fsp3) is 0. The number of quaternary nitrogens is 2. The topological polar surface area (TPSA) is 8.88 Å². The van der Waals surface area contributed by atoms with E-state index in [4.69, 9.17) is 0 Å². The zero-order valence-electron chi connectivity index (χ0n) is 15.7. The van der Waals surface area contributed by atoms with Crippen molar-refractivity contribution in [3.05, 3.63) is 111 Å². The highest BCUT2D eigenvalue weighted by Gasteiger charge is 2.24. The van der Waals surface area contributed by atoms with E-state index in [9.17, 15) is 0 Å². The van der Waals surface area contributed by atoms with Gasteiger partial charge in [-0.15, -0.1) is 14.1 Å². The Morgan fingerprint density at radius 3 is 0.821 bits per heavy atom. The van der Waals surface area contributed by atoms with Crippen LogP contribution in [0.3, 0.4) is 0 Å². The minimum Gasteiger partial charge on any atom is -0.401 e. The largest absolute Gasteiger partial charge is 0.401 e. The maximum atomic E-state index is 4.14. The van der Waals surface area contributed by atoms with E-state index in [0.29, 0.717) is 0 Å². The molecule has 2 heteroatoms. The highest BCUT2D eigenvalue weighted by atomic mass is 15.1. The van der Waals surface area contributed by atoms with Gasteiger partial charge in [-0.05, 0) is 48.5 Å². The van der Waals surface area contributed by atoms with Gasteiger partial charge >= 0.3 is 0 Å². The lowest BCUT2D eigenvalue weighted by molar-refractivity contribution is -0.700. The second-order valence-electron chi connectivity index (χ2n) is 7.14. The van der Waals surface area contributed by atoms with Crippen LogP contribution in [-0.2, 0) is 0 Å². The first-order valence-electron chi connectivity index (χ1n) is 9.52. The van der Waals surface area contributed by atoms with Crippen LogP contribution in [0.4, 0.5) is 22.7 Å². The minimum atomic E-state index is 1.15. The summed E-state index contributed by atoms with van der Waals surface area (Å²) >= 11 is 0. The van der Waals surface area contributed by atoms with Gasteiger partial charge in [-0.3, -0.25) is 0 Å². The molecule has 2 N–H and O–H groups in total. The van der Waals surface area contributed by atoms with Gasteiger partial charge in [0.05, 0.1) is 0 Å². The van der Waals surface area contributed by atoms with Crippen LogP contribution in [0.25, 0.3) is 22.3 Å². The van der Waals surface area contributed by atoms with Crippen molar-refractivity contribution in [3.63, 3.8) is 0 Å². The molecule has 0 atom stereocenters. The summed E-state index contributed by atoms with van der Waals surface area (Å²) < 4.78 is 0. The van der Waals surface area contributed by atoms with Crippen LogP contribution in [0.1, 0.15) is 0 Å². The Labute approximate surface area is 166 Å². The number of fused-ring (bicyclic) bond motifs is 6. The molecule has 6 rings (SSSR count). The Morgan fingerprint density at radius 1 is 0.357 bits per heavy atom. The molecular formula is C26H22N2. The van der Waals surface area contributed by atoms with E-state index < -0.39 is 0 Å². The number of hydrogen-bond donors (Lipinski definition) is 2. The van der Waals surface area contributed by atoms with Crippen molar-refractivity contribution in [2.24, 2.45) is 0 Å². The van der Waals surface area contributed by atoms with Gasteiger partial charge in [0.1, 0.15) is 22.7 Å². The zero-order chi connectivity index (χ0) is 19.1. The molecule has 28 heavy (non-hydrogen) atoms. The van der Waals surface area contributed by atoms with Gasteiger partial charge in [-0.1, -0.05) is 48.5 Å². The molecule has 0 spiro atoms. The van der Waals surface area contributed by atoms with Gasteiger partial charge < -0.3 is 9.80 Å². The average molecular weight is 362 g/mol. The van der Waals surface area contributed by atoms with Gasteiger partial charge in [0.2, 0.25) is 0 Å². The van der Waals surface area contributed by atoms with Crippen LogP contribution >= 0.6 is 0 Å². The van der Waals surface area contributed by atoms with Crippen LogP contribution in [-0.4, -0.2) is 0 Å². The molecule has 2 aliphatic rings. The Balaban J connectivity index is 0.000000122. The predicted molar refractivity (Wildman–Crippen MR) is 115 cm³/mol. The lowest BCUT2D eigenvalue weighted by Crippen LogP contribution is -2.95. The zero-order valence-corrected chi connectivity index (χ0v) is 15.7. The van der Waals surface area contributed by atoms with Gasteiger partial charge in [0.25, 0.3) is 0 Å². The summed E-state index contributed by atoms with van der Waals surface area (Å²) in [7, 11) is 8.27. The second kappa shape index (κ2) is 6.75. The van der Waals surface area contributed by atoms with E-state index in [1.807, 2.05) is 0 Å². The normalized spacial score (nSPS) is 13.8. The first-order chi connectivity index (χ1) is 13.8.